The Bertz CT molecular complexity index is 190. The van der Waals surface area contributed by atoms with Gasteiger partial charge in [-0.3, -0.25) is 0 Å². The maximum Gasteiger partial charge on any atom is 0.542 e. The number of carbonyl (C=O) groups excluding carboxylic acids is 1. The van der Waals surface area contributed by atoms with Crippen LogP contribution in [0.4, 0.5) is 9.59 Å². The van der Waals surface area contributed by atoms with Crippen molar-refractivity contribution in [1.29, 1.82) is 0 Å². The summed E-state index contributed by atoms with van der Waals surface area (Å²) >= 11 is 0. The second-order valence-corrected chi connectivity index (χ2v) is 2.16. The minimum absolute atomic E-state index is 0.341. The Morgan fingerprint density at radius 2 is 1.86 bits per heavy atom. The van der Waals surface area contributed by atoms with Crippen molar-refractivity contribution in [2.24, 2.45) is 0 Å². The summed E-state index contributed by atoms with van der Waals surface area (Å²) in [5, 5.41) is 14.9. The first-order valence-corrected chi connectivity index (χ1v) is 3.67. The molecule has 8 heteroatoms. The quantitative estimate of drug-likeness (QED) is 0.314. The number of hydrogen-bond donors (Lipinski definition) is 1. The van der Waals surface area contributed by atoms with E-state index in [0.29, 0.717) is 6.42 Å². The van der Waals surface area contributed by atoms with Crippen molar-refractivity contribution < 1.29 is 39.3 Å². The Hall–Kier alpha value is -1.54. The molecule has 82 valence electrons. The van der Waals surface area contributed by atoms with Gasteiger partial charge in [-0.2, -0.15) is 0 Å². The lowest BCUT2D eigenvalue weighted by Crippen LogP contribution is -2.16. The Morgan fingerprint density at radius 3 is 2.36 bits per heavy atom. The fourth-order valence-corrected chi connectivity index (χ4v) is 0.352. The third kappa shape index (κ3) is 7.13. The highest BCUT2D eigenvalue weighted by molar-refractivity contribution is 5.59. The second-order valence-electron chi connectivity index (χ2n) is 2.16. The predicted molar refractivity (Wildman–Crippen MR) is 38.6 cm³/mol. The third-order valence-electron chi connectivity index (χ3n) is 1.11. The van der Waals surface area contributed by atoms with Crippen molar-refractivity contribution in [2.75, 3.05) is 0 Å². The maximum absolute atomic E-state index is 10.6. The van der Waals surface area contributed by atoms with Gasteiger partial charge in [0.15, 0.2) is 0 Å². The summed E-state index contributed by atoms with van der Waals surface area (Å²) in [4.78, 5) is 27.5. The summed E-state index contributed by atoms with van der Waals surface area (Å²) in [6.45, 7) is 3.43. The molecule has 14 heavy (non-hydrogen) atoms. The molecule has 1 atom stereocenters. The minimum atomic E-state index is -1.75. The number of ether oxygens (including phenoxy) is 1. The number of rotatable bonds is 5. The summed E-state index contributed by atoms with van der Waals surface area (Å²) in [6, 6.07) is 0. The van der Waals surface area contributed by atoms with Gasteiger partial charge in [0.25, 0.3) is 0 Å². The molecule has 0 aliphatic carbocycles. The molecule has 0 aliphatic rings. The highest BCUT2D eigenvalue weighted by atomic mass is 17.7. The summed E-state index contributed by atoms with van der Waals surface area (Å²) in [7, 11) is 0. The second kappa shape index (κ2) is 6.92. The first kappa shape index (κ1) is 12.5. The van der Waals surface area contributed by atoms with Gasteiger partial charge in [-0.25, -0.2) is 19.4 Å². The Kier molecular flexibility index (Phi) is 6.16. The van der Waals surface area contributed by atoms with Gasteiger partial charge in [0.1, 0.15) is 6.10 Å². The zero-order chi connectivity index (χ0) is 11.0. The largest absolute Gasteiger partial charge is 0.542 e. The van der Waals surface area contributed by atoms with Crippen molar-refractivity contribution in [3.63, 3.8) is 0 Å². The van der Waals surface area contributed by atoms with Gasteiger partial charge in [-0.1, -0.05) is 6.92 Å². The Labute approximate surface area is 79.0 Å². The molecular weight excluding hydrogens is 200 g/mol. The molecule has 0 amide bonds. The van der Waals surface area contributed by atoms with E-state index < -0.39 is 12.3 Å². The van der Waals surface area contributed by atoms with Crippen LogP contribution < -0.4 is 0 Å². The van der Waals surface area contributed by atoms with E-state index in [0.717, 1.165) is 0 Å². The molecule has 0 aliphatic heterocycles. The molecule has 0 radical (unpaired) electrons. The van der Waals surface area contributed by atoms with Crippen LogP contribution in [0.15, 0.2) is 0 Å². The molecule has 0 aromatic heterocycles. The molecule has 0 bridgehead atoms. The van der Waals surface area contributed by atoms with E-state index in [1.165, 1.54) is 0 Å². The molecule has 0 fully saturated rings. The van der Waals surface area contributed by atoms with Crippen molar-refractivity contribution in [2.45, 2.75) is 26.4 Å². The van der Waals surface area contributed by atoms with E-state index in [-0.39, 0.29) is 6.10 Å². The van der Waals surface area contributed by atoms with Crippen molar-refractivity contribution in [3.8, 4) is 0 Å². The van der Waals surface area contributed by atoms with Gasteiger partial charge in [0, 0.05) is 10.1 Å². The van der Waals surface area contributed by atoms with Crippen LogP contribution >= 0.6 is 0 Å². The lowest BCUT2D eigenvalue weighted by molar-refractivity contribution is -0.600. The van der Waals surface area contributed by atoms with Gasteiger partial charge in [-0.05, 0) is 13.3 Å². The van der Waals surface area contributed by atoms with Crippen LogP contribution in [0.25, 0.3) is 0 Å². The van der Waals surface area contributed by atoms with E-state index in [9.17, 15) is 9.59 Å². The fraction of sp³-hybridized carbons (Fsp3) is 0.667. The maximum atomic E-state index is 10.6. The number of carbonyl (C=O) groups is 2. The highest BCUT2D eigenvalue weighted by Crippen LogP contribution is 1.98. The SMILES string of the molecule is CCC(C)OC(=O)OOOOC(=O)O. The topological polar surface area (TPSA) is 101 Å². The Morgan fingerprint density at radius 1 is 1.29 bits per heavy atom. The standard InChI is InChI=1S/C6H10O8/c1-3-4(2)10-6(9)12-14-13-11-5(7)8/h4H,3H2,1-2H3,(H,7,8). The molecule has 0 spiro atoms. The van der Waals surface area contributed by atoms with E-state index in [1.807, 2.05) is 0 Å². The van der Waals surface area contributed by atoms with E-state index in [4.69, 9.17) is 5.11 Å². The molecule has 1 N–H and O–H groups in total. The first-order valence-electron chi connectivity index (χ1n) is 3.67. The van der Waals surface area contributed by atoms with Crippen LogP contribution in [0, 0.1) is 0 Å². The molecule has 1 unspecified atom stereocenters. The van der Waals surface area contributed by atoms with E-state index in [1.54, 1.807) is 13.8 Å². The van der Waals surface area contributed by atoms with Crippen molar-refractivity contribution >= 4 is 12.3 Å². The summed E-state index contributed by atoms with van der Waals surface area (Å²) < 4.78 is 4.54. The molecule has 0 aromatic rings. The molecule has 0 saturated heterocycles. The van der Waals surface area contributed by atoms with E-state index >= 15 is 0 Å². The van der Waals surface area contributed by atoms with E-state index in [2.05, 4.69) is 24.6 Å². The first-order chi connectivity index (χ1) is 6.56. The summed E-state index contributed by atoms with van der Waals surface area (Å²) in [5.74, 6) is 0. The van der Waals surface area contributed by atoms with Gasteiger partial charge >= 0.3 is 12.3 Å². The molecule has 0 saturated carbocycles. The summed E-state index contributed by atoms with van der Waals surface area (Å²) in [6.07, 6.45) is -2.65. The minimum Gasteiger partial charge on any atom is -0.448 e. The summed E-state index contributed by atoms with van der Waals surface area (Å²) in [5.41, 5.74) is 0. The zero-order valence-corrected chi connectivity index (χ0v) is 7.59. The fourth-order valence-electron chi connectivity index (χ4n) is 0.352. The van der Waals surface area contributed by atoms with Gasteiger partial charge in [0.05, 0.1) is 0 Å². The predicted octanol–water partition coefficient (Wildman–Crippen LogP) is 1.41. The monoisotopic (exact) mass is 210 g/mol. The van der Waals surface area contributed by atoms with Gasteiger partial charge in [0.2, 0.25) is 0 Å². The molecule has 0 heterocycles. The van der Waals surface area contributed by atoms with Crippen molar-refractivity contribution in [3.05, 3.63) is 0 Å². The normalized spacial score (nSPS) is 11.6. The smallest absolute Gasteiger partial charge is 0.448 e. The van der Waals surface area contributed by atoms with Crippen molar-refractivity contribution in [1.82, 2.24) is 0 Å². The zero-order valence-electron chi connectivity index (χ0n) is 7.59. The average Bonchev–Trinajstić information content (AvgIpc) is 2.12. The average molecular weight is 210 g/mol. The van der Waals surface area contributed by atoms with Crippen LogP contribution in [0.1, 0.15) is 20.3 Å². The molecule has 0 rings (SSSR count). The van der Waals surface area contributed by atoms with Gasteiger partial charge < -0.3 is 9.84 Å². The van der Waals surface area contributed by atoms with Crippen LogP contribution in [-0.4, -0.2) is 23.5 Å². The van der Waals surface area contributed by atoms with Crippen LogP contribution in [-0.2, 0) is 24.6 Å². The molecule has 0 aromatic carbocycles. The van der Waals surface area contributed by atoms with Crippen LogP contribution in [0.3, 0.4) is 0 Å². The molecule has 8 nitrogen and oxygen atoms in total. The number of carboxylic acid groups (broad SMARTS) is 1. The highest BCUT2D eigenvalue weighted by Gasteiger charge is 2.11. The number of hydrogen-bond acceptors (Lipinski definition) is 7. The van der Waals surface area contributed by atoms with Crippen LogP contribution in [0.5, 0.6) is 0 Å². The lowest BCUT2D eigenvalue weighted by Gasteiger charge is -2.07. The Balaban J connectivity index is 3.40. The third-order valence-corrected chi connectivity index (χ3v) is 1.11. The lowest BCUT2D eigenvalue weighted by atomic mass is 10.3. The molecular formula is C6H10O8. The van der Waals surface area contributed by atoms with Crippen LogP contribution in [0.2, 0.25) is 0 Å². The van der Waals surface area contributed by atoms with Gasteiger partial charge in [-0.15, -0.1) is 0 Å².